The van der Waals surface area contributed by atoms with E-state index >= 15 is 0 Å². The highest BCUT2D eigenvalue weighted by molar-refractivity contribution is 7.80. The Balaban J connectivity index is 2.18. The fraction of sp³-hybridized carbons (Fsp3) is 1.00. The number of thiol groups is 1. The van der Waals surface area contributed by atoms with Gasteiger partial charge < -0.3 is 10.0 Å². The third kappa shape index (κ3) is 2.96. The van der Waals surface area contributed by atoms with Gasteiger partial charge in [-0.05, 0) is 30.6 Å². The largest absolute Gasteiger partial charge is 0.396 e. The van der Waals surface area contributed by atoms with Crippen LogP contribution < -0.4 is 0 Å². The summed E-state index contributed by atoms with van der Waals surface area (Å²) in [4.78, 5) is 2.43. The first-order valence-electron chi connectivity index (χ1n) is 4.70. The van der Waals surface area contributed by atoms with Crippen molar-refractivity contribution in [2.24, 2.45) is 11.8 Å². The zero-order valence-corrected chi connectivity index (χ0v) is 8.63. The van der Waals surface area contributed by atoms with E-state index in [1.54, 1.807) is 0 Å². The zero-order chi connectivity index (χ0) is 8.97. The smallest absolute Gasteiger partial charge is 0.0471 e. The predicted molar refractivity (Wildman–Crippen MR) is 54.6 cm³/mol. The highest BCUT2D eigenvalue weighted by Crippen LogP contribution is 2.16. The minimum atomic E-state index is 0.353. The third-order valence-corrected chi connectivity index (χ3v) is 3.13. The van der Waals surface area contributed by atoms with E-state index in [0.29, 0.717) is 18.4 Å². The summed E-state index contributed by atoms with van der Waals surface area (Å²) in [6, 6.07) is 0. The fourth-order valence-electron chi connectivity index (χ4n) is 1.73. The van der Waals surface area contributed by atoms with E-state index in [1.165, 1.54) is 0 Å². The van der Waals surface area contributed by atoms with Crippen molar-refractivity contribution in [3.8, 4) is 0 Å². The van der Waals surface area contributed by atoms with Crippen LogP contribution in [0.25, 0.3) is 0 Å². The monoisotopic (exact) mass is 189 g/mol. The molecule has 12 heavy (non-hydrogen) atoms. The zero-order valence-electron chi connectivity index (χ0n) is 7.74. The third-order valence-electron chi connectivity index (χ3n) is 2.51. The van der Waals surface area contributed by atoms with Crippen molar-refractivity contribution < 1.29 is 5.11 Å². The van der Waals surface area contributed by atoms with Gasteiger partial charge in [-0.15, -0.1) is 0 Å². The molecule has 1 N–H and O–H groups in total. The van der Waals surface area contributed by atoms with Crippen LogP contribution in [0.5, 0.6) is 0 Å². The van der Waals surface area contributed by atoms with Crippen molar-refractivity contribution in [1.29, 1.82) is 0 Å². The summed E-state index contributed by atoms with van der Waals surface area (Å²) in [5, 5.41) is 8.93. The maximum Gasteiger partial charge on any atom is 0.0471 e. The molecule has 0 aromatic heterocycles. The molecule has 0 radical (unpaired) electrons. The maximum absolute atomic E-state index is 8.93. The summed E-state index contributed by atoms with van der Waals surface area (Å²) in [6.45, 7) is 5.95. The second kappa shape index (κ2) is 5.10. The van der Waals surface area contributed by atoms with Gasteiger partial charge in [-0.3, -0.25) is 0 Å². The Hall–Kier alpha value is 0.270. The van der Waals surface area contributed by atoms with Crippen molar-refractivity contribution in [3.05, 3.63) is 0 Å². The van der Waals surface area contributed by atoms with Gasteiger partial charge in [0.05, 0.1) is 0 Å². The molecule has 1 aliphatic heterocycles. The summed E-state index contributed by atoms with van der Waals surface area (Å²) < 4.78 is 0. The van der Waals surface area contributed by atoms with E-state index in [0.717, 1.165) is 31.8 Å². The normalized spacial score (nSPS) is 27.8. The van der Waals surface area contributed by atoms with E-state index in [4.69, 9.17) is 5.11 Å². The van der Waals surface area contributed by atoms with Crippen LogP contribution in [0.2, 0.25) is 0 Å². The predicted octanol–water partition coefficient (Wildman–Crippen LogP) is 0.867. The van der Waals surface area contributed by atoms with E-state index in [9.17, 15) is 0 Å². The molecule has 1 rings (SSSR count). The van der Waals surface area contributed by atoms with Crippen LogP contribution in [0.4, 0.5) is 0 Å². The highest BCUT2D eigenvalue weighted by Gasteiger charge is 2.22. The molecule has 1 fully saturated rings. The van der Waals surface area contributed by atoms with Crippen molar-refractivity contribution in [2.45, 2.75) is 13.3 Å². The number of nitrogens with zero attached hydrogens (tertiary/aromatic N) is 1. The molecule has 1 heterocycles. The second-order valence-electron chi connectivity index (χ2n) is 3.88. The number of aliphatic hydroxyl groups excluding tert-OH is 1. The van der Waals surface area contributed by atoms with Crippen LogP contribution in [0.15, 0.2) is 0 Å². The van der Waals surface area contributed by atoms with Crippen molar-refractivity contribution in [3.63, 3.8) is 0 Å². The lowest BCUT2D eigenvalue weighted by atomic mass is 10.1. The number of hydrogen-bond donors (Lipinski definition) is 2. The van der Waals surface area contributed by atoms with Gasteiger partial charge in [-0.25, -0.2) is 0 Å². The van der Waals surface area contributed by atoms with E-state index in [1.807, 2.05) is 0 Å². The molecule has 0 saturated carbocycles. The summed E-state index contributed by atoms with van der Waals surface area (Å²) in [5.74, 6) is 2.16. The summed E-state index contributed by atoms with van der Waals surface area (Å²) in [7, 11) is 0. The first-order chi connectivity index (χ1) is 5.76. The molecular formula is C9H19NOS. The Morgan fingerprint density at radius 1 is 1.67 bits per heavy atom. The van der Waals surface area contributed by atoms with Gasteiger partial charge in [0.2, 0.25) is 0 Å². The first kappa shape index (κ1) is 10.4. The molecule has 0 spiro atoms. The Bertz CT molecular complexity index is 132. The molecule has 0 aromatic rings. The van der Waals surface area contributed by atoms with Crippen molar-refractivity contribution in [1.82, 2.24) is 4.90 Å². The number of aliphatic hydroxyl groups is 1. The molecule has 0 amide bonds. The van der Waals surface area contributed by atoms with Gasteiger partial charge in [0.15, 0.2) is 0 Å². The topological polar surface area (TPSA) is 23.5 Å². The lowest BCUT2D eigenvalue weighted by Crippen LogP contribution is -2.27. The molecule has 1 aliphatic rings. The van der Waals surface area contributed by atoms with Crippen LogP contribution in [0, 0.1) is 11.8 Å². The summed E-state index contributed by atoms with van der Waals surface area (Å²) in [5.41, 5.74) is 0. The molecule has 72 valence electrons. The highest BCUT2D eigenvalue weighted by atomic mass is 32.1. The minimum absolute atomic E-state index is 0.353. The van der Waals surface area contributed by atoms with Crippen LogP contribution >= 0.6 is 12.6 Å². The molecule has 2 unspecified atom stereocenters. The number of rotatable bonds is 4. The average Bonchev–Trinajstić information content (AvgIpc) is 2.52. The van der Waals surface area contributed by atoms with Crippen LogP contribution in [-0.2, 0) is 0 Å². The fourth-order valence-corrected chi connectivity index (χ4v) is 1.84. The van der Waals surface area contributed by atoms with E-state index < -0.39 is 0 Å². The van der Waals surface area contributed by atoms with E-state index in [-0.39, 0.29) is 0 Å². The van der Waals surface area contributed by atoms with Crippen LogP contribution in [0.3, 0.4) is 0 Å². The van der Waals surface area contributed by atoms with Crippen LogP contribution in [0.1, 0.15) is 13.3 Å². The van der Waals surface area contributed by atoms with Gasteiger partial charge in [-0.2, -0.15) is 12.6 Å². The summed E-state index contributed by atoms with van der Waals surface area (Å²) >= 11 is 4.26. The second-order valence-corrected chi connectivity index (χ2v) is 4.25. The lowest BCUT2D eigenvalue weighted by molar-refractivity contribution is 0.216. The Morgan fingerprint density at radius 3 is 2.92 bits per heavy atom. The minimum Gasteiger partial charge on any atom is -0.396 e. The molecule has 0 aliphatic carbocycles. The number of likely N-dealkylation sites (tertiary alicyclic amines) is 1. The van der Waals surface area contributed by atoms with Crippen molar-refractivity contribution in [2.75, 3.05) is 32.0 Å². The Morgan fingerprint density at radius 2 is 2.42 bits per heavy atom. The van der Waals surface area contributed by atoms with E-state index in [2.05, 4.69) is 24.5 Å². The summed E-state index contributed by atoms with van der Waals surface area (Å²) in [6.07, 6.45) is 1.16. The Kier molecular flexibility index (Phi) is 4.40. The molecule has 2 atom stereocenters. The quantitative estimate of drug-likeness (QED) is 0.641. The molecular weight excluding hydrogens is 170 g/mol. The van der Waals surface area contributed by atoms with Crippen molar-refractivity contribution >= 4 is 12.6 Å². The van der Waals surface area contributed by atoms with Gasteiger partial charge in [0.25, 0.3) is 0 Å². The van der Waals surface area contributed by atoms with Gasteiger partial charge in [0.1, 0.15) is 0 Å². The van der Waals surface area contributed by atoms with Gasteiger partial charge in [-0.1, -0.05) is 6.92 Å². The maximum atomic E-state index is 8.93. The molecule has 2 nitrogen and oxygen atoms in total. The molecule has 1 saturated heterocycles. The first-order valence-corrected chi connectivity index (χ1v) is 5.33. The standard InChI is InChI=1S/C9H19NOS/c1-8(7-12)4-10-3-2-9(5-10)6-11/h8-9,11-12H,2-7H2,1H3. The number of hydrogen-bond acceptors (Lipinski definition) is 3. The molecule has 3 heteroatoms. The molecule has 0 aromatic carbocycles. The SMILES string of the molecule is CC(CS)CN1CCC(CO)C1. The Labute approximate surface area is 80.4 Å². The lowest BCUT2D eigenvalue weighted by Gasteiger charge is -2.19. The van der Waals surface area contributed by atoms with Gasteiger partial charge >= 0.3 is 0 Å². The van der Waals surface area contributed by atoms with Crippen LogP contribution in [-0.4, -0.2) is 42.0 Å². The molecule has 0 bridgehead atoms. The van der Waals surface area contributed by atoms with Gasteiger partial charge in [0, 0.05) is 19.7 Å². The average molecular weight is 189 g/mol.